The highest BCUT2D eigenvalue weighted by Crippen LogP contribution is 2.22. The number of hydrogen-bond acceptors (Lipinski definition) is 3. The van der Waals surface area contributed by atoms with Crippen molar-refractivity contribution in [2.75, 3.05) is 13.1 Å². The lowest BCUT2D eigenvalue weighted by Gasteiger charge is -2.35. The molecule has 2 N–H and O–H groups in total. The van der Waals surface area contributed by atoms with Gasteiger partial charge in [-0.05, 0) is 31.0 Å². The number of fused-ring (bicyclic) bond motifs is 1. The number of likely N-dealkylation sites (tertiary alicyclic amines) is 1. The molecular formula is C16H21N3. The summed E-state index contributed by atoms with van der Waals surface area (Å²) in [4.78, 5) is 7.06. The van der Waals surface area contributed by atoms with Gasteiger partial charge in [0.05, 0.1) is 5.52 Å². The molecule has 1 aromatic heterocycles. The van der Waals surface area contributed by atoms with E-state index in [1.807, 2.05) is 12.3 Å². The van der Waals surface area contributed by atoms with Crippen molar-refractivity contribution in [2.24, 2.45) is 5.73 Å². The average Bonchev–Trinajstić information content (AvgIpc) is 2.48. The van der Waals surface area contributed by atoms with Crippen LogP contribution in [0.3, 0.4) is 0 Å². The second-order valence-corrected chi connectivity index (χ2v) is 5.35. The third-order valence-corrected chi connectivity index (χ3v) is 4.11. The van der Waals surface area contributed by atoms with E-state index in [1.54, 1.807) is 0 Å². The van der Waals surface area contributed by atoms with Gasteiger partial charge in [-0.2, -0.15) is 0 Å². The Labute approximate surface area is 114 Å². The lowest BCUT2D eigenvalue weighted by atomic mass is 10.0. The first-order valence-electron chi connectivity index (χ1n) is 7.15. The lowest BCUT2D eigenvalue weighted by Crippen LogP contribution is -2.43. The maximum Gasteiger partial charge on any atom is 0.0746 e. The van der Waals surface area contributed by atoms with Crippen LogP contribution in [0.2, 0.25) is 0 Å². The minimum Gasteiger partial charge on any atom is -0.329 e. The van der Waals surface area contributed by atoms with Crippen LogP contribution < -0.4 is 5.73 Å². The van der Waals surface area contributed by atoms with Crippen LogP contribution in [-0.2, 0) is 6.54 Å². The van der Waals surface area contributed by atoms with Crippen LogP contribution >= 0.6 is 0 Å². The Kier molecular flexibility index (Phi) is 3.76. The van der Waals surface area contributed by atoms with E-state index in [-0.39, 0.29) is 0 Å². The molecule has 0 saturated carbocycles. The number of para-hydroxylation sites is 1. The molecule has 1 fully saturated rings. The Balaban J connectivity index is 1.88. The number of pyridine rings is 1. The van der Waals surface area contributed by atoms with E-state index in [1.165, 1.54) is 30.2 Å². The van der Waals surface area contributed by atoms with Crippen molar-refractivity contribution in [1.29, 1.82) is 0 Å². The third kappa shape index (κ3) is 2.62. The zero-order valence-electron chi connectivity index (χ0n) is 11.3. The van der Waals surface area contributed by atoms with Gasteiger partial charge in [-0.25, -0.2) is 0 Å². The fraction of sp³-hybridized carbons (Fsp3) is 0.438. The van der Waals surface area contributed by atoms with Crippen LogP contribution in [0.15, 0.2) is 36.5 Å². The molecular weight excluding hydrogens is 234 g/mol. The van der Waals surface area contributed by atoms with Crippen molar-refractivity contribution in [3.05, 3.63) is 42.1 Å². The molecule has 2 heterocycles. The Morgan fingerprint density at radius 1 is 1.21 bits per heavy atom. The van der Waals surface area contributed by atoms with Crippen molar-refractivity contribution in [3.8, 4) is 0 Å². The Bertz CT molecular complexity index is 547. The van der Waals surface area contributed by atoms with Gasteiger partial charge < -0.3 is 5.73 Å². The molecule has 3 heteroatoms. The molecule has 0 aliphatic carbocycles. The summed E-state index contributed by atoms with van der Waals surface area (Å²) in [5.74, 6) is 0. The molecule has 3 rings (SSSR count). The van der Waals surface area contributed by atoms with E-state index >= 15 is 0 Å². The largest absolute Gasteiger partial charge is 0.329 e. The van der Waals surface area contributed by atoms with E-state index in [0.717, 1.165) is 25.2 Å². The molecule has 1 aliphatic rings. The van der Waals surface area contributed by atoms with Gasteiger partial charge >= 0.3 is 0 Å². The highest BCUT2D eigenvalue weighted by Gasteiger charge is 2.21. The summed E-state index contributed by atoms with van der Waals surface area (Å²) in [5, 5.41) is 1.22. The summed E-state index contributed by atoms with van der Waals surface area (Å²) in [5.41, 5.74) is 8.35. The summed E-state index contributed by atoms with van der Waals surface area (Å²) in [6, 6.07) is 11.1. The first kappa shape index (κ1) is 12.6. The standard InChI is InChI=1S/C16H21N3/c17-11-15-8-1-2-10-19(15)12-14-6-3-5-13-7-4-9-18-16(13)14/h3-7,9,15H,1-2,8,10-12,17H2. The van der Waals surface area contributed by atoms with Gasteiger partial charge in [-0.15, -0.1) is 0 Å². The summed E-state index contributed by atoms with van der Waals surface area (Å²) in [6.07, 6.45) is 5.71. The van der Waals surface area contributed by atoms with Crippen LogP contribution in [0.4, 0.5) is 0 Å². The van der Waals surface area contributed by atoms with Crippen molar-refractivity contribution in [3.63, 3.8) is 0 Å². The van der Waals surface area contributed by atoms with E-state index in [2.05, 4.69) is 34.1 Å². The predicted octanol–water partition coefficient (Wildman–Crippen LogP) is 2.55. The van der Waals surface area contributed by atoms with Gasteiger partial charge in [0.25, 0.3) is 0 Å². The van der Waals surface area contributed by atoms with Crippen molar-refractivity contribution < 1.29 is 0 Å². The second-order valence-electron chi connectivity index (χ2n) is 5.35. The molecule has 1 aromatic carbocycles. The molecule has 0 amide bonds. The van der Waals surface area contributed by atoms with Crippen LogP contribution in [0.25, 0.3) is 10.9 Å². The quantitative estimate of drug-likeness (QED) is 0.916. The van der Waals surface area contributed by atoms with Gasteiger partial charge in [0.2, 0.25) is 0 Å². The minimum absolute atomic E-state index is 0.535. The number of nitrogens with two attached hydrogens (primary N) is 1. The highest BCUT2D eigenvalue weighted by atomic mass is 15.2. The maximum atomic E-state index is 5.90. The molecule has 2 aromatic rings. The van der Waals surface area contributed by atoms with E-state index in [9.17, 15) is 0 Å². The first-order chi connectivity index (χ1) is 9.38. The van der Waals surface area contributed by atoms with Gasteiger partial charge in [0.15, 0.2) is 0 Å². The van der Waals surface area contributed by atoms with E-state index in [4.69, 9.17) is 5.73 Å². The van der Waals surface area contributed by atoms with Crippen LogP contribution in [0.1, 0.15) is 24.8 Å². The number of piperidine rings is 1. The molecule has 3 nitrogen and oxygen atoms in total. The normalized spacial score (nSPS) is 20.8. The van der Waals surface area contributed by atoms with Crippen molar-refractivity contribution >= 4 is 10.9 Å². The Morgan fingerprint density at radius 2 is 2.11 bits per heavy atom. The summed E-state index contributed by atoms with van der Waals surface area (Å²) >= 11 is 0. The summed E-state index contributed by atoms with van der Waals surface area (Å²) < 4.78 is 0. The topological polar surface area (TPSA) is 42.1 Å². The lowest BCUT2D eigenvalue weighted by molar-refractivity contribution is 0.145. The molecule has 0 radical (unpaired) electrons. The molecule has 100 valence electrons. The first-order valence-corrected chi connectivity index (χ1v) is 7.15. The predicted molar refractivity (Wildman–Crippen MR) is 78.8 cm³/mol. The molecule has 1 atom stereocenters. The number of nitrogens with zero attached hydrogens (tertiary/aromatic N) is 2. The molecule has 1 unspecified atom stereocenters. The third-order valence-electron chi connectivity index (χ3n) is 4.11. The van der Waals surface area contributed by atoms with Gasteiger partial charge in [0.1, 0.15) is 0 Å². The molecule has 0 spiro atoms. The zero-order valence-corrected chi connectivity index (χ0v) is 11.3. The molecule has 1 aliphatic heterocycles. The minimum atomic E-state index is 0.535. The van der Waals surface area contributed by atoms with Crippen LogP contribution in [0.5, 0.6) is 0 Å². The van der Waals surface area contributed by atoms with Gasteiger partial charge in [-0.1, -0.05) is 30.7 Å². The average molecular weight is 255 g/mol. The fourth-order valence-corrected chi connectivity index (χ4v) is 3.05. The van der Waals surface area contributed by atoms with Crippen molar-refractivity contribution in [2.45, 2.75) is 31.8 Å². The number of aromatic nitrogens is 1. The molecule has 0 bridgehead atoms. The maximum absolute atomic E-state index is 5.90. The monoisotopic (exact) mass is 255 g/mol. The van der Waals surface area contributed by atoms with Crippen molar-refractivity contribution in [1.82, 2.24) is 9.88 Å². The highest BCUT2D eigenvalue weighted by molar-refractivity contribution is 5.81. The van der Waals surface area contributed by atoms with Crippen LogP contribution in [-0.4, -0.2) is 29.0 Å². The zero-order chi connectivity index (χ0) is 13.1. The molecule has 19 heavy (non-hydrogen) atoms. The SMILES string of the molecule is NCC1CCCCN1Cc1cccc2cccnc12. The number of rotatable bonds is 3. The number of hydrogen-bond donors (Lipinski definition) is 1. The molecule has 1 saturated heterocycles. The number of benzene rings is 1. The Morgan fingerprint density at radius 3 is 3.00 bits per heavy atom. The fourth-order valence-electron chi connectivity index (χ4n) is 3.05. The van der Waals surface area contributed by atoms with Crippen LogP contribution in [0, 0.1) is 0 Å². The summed E-state index contributed by atoms with van der Waals surface area (Å²) in [7, 11) is 0. The Hall–Kier alpha value is -1.45. The van der Waals surface area contributed by atoms with E-state index in [0.29, 0.717) is 6.04 Å². The van der Waals surface area contributed by atoms with E-state index < -0.39 is 0 Å². The van der Waals surface area contributed by atoms with Gasteiger partial charge in [-0.3, -0.25) is 9.88 Å². The second kappa shape index (κ2) is 5.68. The van der Waals surface area contributed by atoms with Gasteiger partial charge in [0, 0.05) is 30.7 Å². The smallest absolute Gasteiger partial charge is 0.0746 e. The summed E-state index contributed by atoms with van der Waals surface area (Å²) in [6.45, 7) is 2.89.